The van der Waals surface area contributed by atoms with E-state index in [2.05, 4.69) is 28.9 Å². The predicted octanol–water partition coefficient (Wildman–Crippen LogP) is 1.80. The standard InChI is InChI=1S/C13H20N4O/c1-13(2)6-3-7-17(9-13)11-5-4-10(8-15-11)12(14)16-18/h4-5,8,18H,3,6-7,9H2,1-2H3,(H2,14,16). The Labute approximate surface area is 107 Å². The van der Waals surface area contributed by atoms with Crippen LogP contribution in [0.1, 0.15) is 32.3 Å². The van der Waals surface area contributed by atoms with E-state index in [9.17, 15) is 0 Å². The van der Waals surface area contributed by atoms with Crippen LogP contribution < -0.4 is 10.6 Å². The Balaban J connectivity index is 2.14. The minimum atomic E-state index is 0.0908. The fourth-order valence-electron chi connectivity index (χ4n) is 2.40. The first-order chi connectivity index (χ1) is 8.52. The van der Waals surface area contributed by atoms with Crippen molar-refractivity contribution in [2.45, 2.75) is 26.7 Å². The normalized spacial score (nSPS) is 19.9. The lowest BCUT2D eigenvalue weighted by molar-refractivity contribution is 0.292. The van der Waals surface area contributed by atoms with Crippen LogP contribution in [-0.2, 0) is 0 Å². The summed E-state index contributed by atoms with van der Waals surface area (Å²) < 4.78 is 0. The summed E-state index contributed by atoms with van der Waals surface area (Å²) in [4.78, 5) is 6.68. The van der Waals surface area contributed by atoms with Gasteiger partial charge in [0.05, 0.1) is 0 Å². The lowest BCUT2D eigenvalue weighted by Gasteiger charge is -2.38. The predicted molar refractivity (Wildman–Crippen MR) is 72.0 cm³/mol. The number of hydrogen-bond acceptors (Lipinski definition) is 4. The number of hydrogen-bond donors (Lipinski definition) is 2. The van der Waals surface area contributed by atoms with Gasteiger partial charge in [0, 0.05) is 24.8 Å². The quantitative estimate of drug-likeness (QED) is 0.362. The smallest absolute Gasteiger partial charge is 0.171 e. The monoisotopic (exact) mass is 248 g/mol. The second-order valence-corrected chi connectivity index (χ2v) is 5.58. The Bertz CT molecular complexity index is 439. The molecule has 1 aliphatic heterocycles. The van der Waals surface area contributed by atoms with E-state index in [0.717, 1.165) is 18.9 Å². The topological polar surface area (TPSA) is 74.7 Å². The van der Waals surface area contributed by atoms with E-state index >= 15 is 0 Å². The molecule has 1 aliphatic rings. The fraction of sp³-hybridized carbons (Fsp3) is 0.538. The summed E-state index contributed by atoms with van der Waals surface area (Å²) in [5.41, 5.74) is 6.49. The van der Waals surface area contributed by atoms with Crippen molar-refractivity contribution in [3.63, 3.8) is 0 Å². The second-order valence-electron chi connectivity index (χ2n) is 5.58. The maximum atomic E-state index is 8.60. The number of piperidine rings is 1. The van der Waals surface area contributed by atoms with Gasteiger partial charge in [-0.15, -0.1) is 0 Å². The summed E-state index contributed by atoms with van der Waals surface area (Å²) in [7, 11) is 0. The van der Waals surface area contributed by atoms with E-state index < -0.39 is 0 Å². The maximum absolute atomic E-state index is 8.60. The van der Waals surface area contributed by atoms with Crippen LogP contribution in [0.4, 0.5) is 5.82 Å². The third-order valence-electron chi connectivity index (χ3n) is 3.38. The number of amidine groups is 1. The molecule has 3 N–H and O–H groups in total. The van der Waals surface area contributed by atoms with Gasteiger partial charge < -0.3 is 15.8 Å². The third kappa shape index (κ3) is 2.72. The molecule has 0 amide bonds. The Morgan fingerprint density at radius 1 is 1.50 bits per heavy atom. The number of pyridine rings is 1. The van der Waals surface area contributed by atoms with Crippen molar-refractivity contribution in [3.05, 3.63) is 23.9 Å². The minimum Gasteiger partial charge on any atom is -0.409 e. The van der Waals surface area contributed by atoms with Gasteiger partial charge in [-0.25, -0.2) is 4.98 Å². The van der Waals surface area contributed by atoms with E-state index in [1.165, 1.54) is 12.8 Å². The minimum absolute atomic E-state index is 0.0908. The average molecular weight is 248 g/mol. The summed E-state index contributed by atoms with van der Waals surface area (Å²) in [6.45, 7) is 6.62. The highest BCUT2D eigenvalue weighted by Crippen LogP contribution is 2.30. The van der Waals surface area contributed by atoms with Gasteiger partial charge in [-0.2, -0.15) is 0 Å². The van der Waals surface area contributed by atoms with E-state index in [0.29, 0.717) is 11.0 Å². The van der Waals surface area contributed by atoms with Crippen LogP contribution in [0.5, 0.6) is 0 Å². The molecule has 98 valence electrons. The zero-order valence-electron chi connectivity index (χ0n) is 10.9. The van der Waals surface area contributed by atoms with Crippen molar-refractivity contribution >= 4 is 11.7 Å². The molecule has 0 atom stereocenters. The van der Waals surface area contributed by atoms with Crippen LogP contribution in [0.25, 0.3) is 0 Å². The molecule has 0 unspecified atom stereocenters. The van der Waals surface area contributed by atoms with Gasteiger partial charge in [0.15, 0.2) is 5.84 Å². The third-order valence-corrected chi connectivity index (χ3v) is 3.38. The molecular weight excluding hydrogens is 228 g/mol. The Kier molecular flexibility index (Phi) is 3.41. The van der Waals surface area contributed by atoms with Gasteiger partial charge in [-0.1, -0.05) is 19.0 Å². The van der Waals surface area contributed by atoms with Crippen molar-refractivity contribution in [2.24, 2.45) is 16.3 Å². The zero-order chi connectivity index (χ0) is 13.2. The van der Waals surface area contributed by atoms with Crippen LogP contribution in [0, 0.1) is 5.41 Å². The van der Waals surface area contributed by atoms with Crippen molar-refractivity contribution in [3.8, 4) is 0 Å². The van der Waals surface area contributed by atoms with E-state index in [1.807, 2.05) is 12.1 Å². The van der Waals surface area contributed by atoms with Crippen molar-refractivity contribution in [1.82, 2.24) is 4.98 Å². The first-order valence-electron chi connectivity index (χ1n) is 6.21. The van der Waals surface area contributed by atoms with Gasteiger partial charge in [-0.05, 0) is 30.4 Å². The molecule has 5 heteroatoms. The maximum Gasteiger partial charge on any atom is 0.171 e. The van der Waals surface area contributed by atoms with Crippen LogP contribution >= 0.6 is 0 Å². The molecule has 0 saturated carbocycles. The number of rotatable bonds is 2. The number of aromatic nitrogens is 1. The first kappa shape index (κ1) is 12.7. The summed E-state index contributed by atoms with van der Waals surface area (Å²) in [6.07, 6.45) is 4.09. The Hall–Kier alpha value is -1.78. The summed E-state index contributed by atoms with van der Waals surface area (Å²) >= 11 is 0. The number of oxime groups is 1. The summed E-state index contributed by atoms with van der Waals surface area (Å²) in [5.74, 6) is 1.05. The van der Waals surface area contributed by atoms with Crippen molar-refractivity contribution in [1.29, 1.82) is 0 Å². The molecule has 0 spiro atoms. The molecule has 1 aromatic heterocycles. The van der Waals surface area contributed by atoms with E-state index in [1.54, 1.807) is 6.20 Å². The molecule has 1 saturated heterocycles. The van der Waals surface area contributed by atoms with Gasteiger partial charge in [-0.3, -0.25) is 0 Å². The number of nitrogens with zero attached hydrogens (tertiary/aromatic N) is 3. The van der Waals surface area contributed by atoms with E-state index in [-0.39, 0.29) is 5.84 Å². The molecule has 0 aliphatic carbocycles. The number of anilines is 1. The van der Waals surface area contributed by atoms with Gasteiger partial charge in [0.2, 0.25) is 0 Å². The molecule has 2 heterocycles. The largest absolute Gasteiger partial charge is 0.409 e. The molecular formula is C13H20N4O. The molecule has 18 heavy (non-hydrogen) atoms. The Morgan fingerprint density at radius 2 is 2.28 bits per heavy atom. The van der Waals surface area contributed by atoms with Crippen LogP contribution in [-0.4, -0.2) is 29.1 Å². The average Bonchev–Trinajstić information content (AvgIpc) is 2.37. The van der Waals surface area contributed by atoms with Crippen LogP contribution in [0.3, 0.4) is 0 Å². The molecule has 1 aromatic rings. The highest BCUT2D eigenvalue weighted by atomic mass is 16.4. The fourth-order valence-corrected chi connectivity index (χ4v) is 2.40. The molecule has 1 fully saturated rings. The van der Waals surface area contributed by atoms with Crippen LogP contribution in [0.2, 0.25) is 0 Å². The second kappa shape index (κ2) is 4.84. The van der Waals surface area contributed by atoms with Crippen LogP contribution in [0.15, 0.2) is 23.5 Å². The van der Waals surface area contributed by atoms with Gasteiger partial charge in [0.1, 0.15) is 5.82 Å². The molecule has 0 bridgehead atoms. The SMILES string of the molecule is CC1(C)CCCN(c2ccc(C(N)=NO)cn2)C1. The lowest BCUT2D eigenvalue weighted by atomic mass is 9.84. The molecule has 0 aromatic carbocycles. The zero-order valence-corrected chi connectivity index (χ0v) is 10.9. The van der Waals surface area contributed by atoms with Gasteiger partial charge >= 0.3 is 0 Å². The van der Waals surface area contributed by atoms with Crippen molar-refractivity contribution in [2.75, 3.05) is 18.0 Å². The first-order valence-corrected chi connectivity index (χ1v) is 6.21. The molecule has 2 rings (SSSR count). The van der Waals surface area contributed by atoms with E-state index in [4.69, 9.17) is 10.9 Å². The highest BCUT2D eigenvalue weighted by molar-refractivity contribution is 5.96. The summed E-state index contributed by atoms with van der Waals surface area (Å²) in [5, 5.41) is 11.6. The van der Waals surface area contributed by atoms with Crippen molar-refractivity contribution < 1.29 is 5.21 Å². The Morgan fingerprint density at radius 3 is 2.83 bits per heavy atom. The number of nitrogens with two attached hydrogens (primary N) is 1. The highest BCUT2D eigenvalue weighted by Gasteiger charge is 2.26. The molecule has 0 radical (unpaired) electrons. The van der Waals surface area contributed by atoms with Gasteiger partial charge in [0.25, 0.3) is 0 Å². The summed E-state index contributed by atoms with van der Waals surface area (Å²) in [6, 6.07) is 3.76. The molecule has 5 nitrogen and oxygen atoms in total. The lowest BCUT2D eigenvalue weighted by Crippen LogP contribution is -2.40.